The first kappa shape index (κ1) is 13.6. The number of hydrogen-bond acceptors (Lipinski definition) is 3. The lowest BCUT2D eigenvalue weighted by Crippen LogP contribution is -2.10. The Morgan fingerprint density at radius 2 is 1.63 bits per heavy atom. The van der Waals surface area contributed by atoms with Gasteiger partial charge in [-0.05, 0) is 50.1 Å². The highest BCUT2D eigenvalue weighted by molar-refractivity contribution is 5.27. The molecule has 1 aromatic heterocycles. The molecule has 1 aromatic carbocycles. The molecule has 2 aromatic rings. The number of nitrogens with zero attached hydrogens (tertiary/aromatic N) is 2. The van der Waals surface area contributed by atoms with Gasteiger partial charge in [-0.1, -0.05) is 12.1 Å². The smallest absolute Gasteiger partial charge is 0.133 e. The van der Waals surface area contributed by atoms with Crippen molar-refractivity contribution in [1.82, 2.24) is 9.97 Å². The molecule has 3 nitrogen and oxygen atoms in total. The average Bonchev–Trinajstić information content (AvgIpc) is 2.37. The van der Waals surface area contributed by atoms with E-state index in [1.54, 1.807) is 12.1 Å². The van der Waals surface area contributed by atoms with Crippen molar-refractivity contribution in [3.05, 3.63) is 58.4 Å². The van der Waals surface area contributed by atoms with Gasteiger partial charge in [-0.25, -0.2) is 14.4 Å². The zero-order valence-corrected chi connectivity index (χ0v) is 11.3. The minimum absolute atomic E-state index is 0.227. The highest BCUT2D eigenvalue weighted by Crippen LogP contribution is 2.13. The third-order valence-electron chi connectivity index (χ3n) is 3.14. The SMILES string of the molecule is Cc1nc(Cc2ccc(F)cc2)nc(C)c1CCN. The van der Waals surface area contributed by atoms with Crippen LogP contribution in [0.5, 0.6) is 0 Å². The van der Waals surface area contributed by atoms with E-state index in [-0.39, 0.29) is 5.82 Å². The summed E-state index contributed by atoms with van der Waals surface area (Å²) in [6, 6.07) is 6.43. The second-order valence-corrected chi connectivity index (χ2v) is 4.63. The summed E-state index contributed by atoms with van der Waals surface area (Å²) in [4.78, 5) is 9.02. The third-order valence-corrected chi connectivity index (χ3v) is 3.14. The summed E-state index contributed by atoms with van der Waals surface area (Å²) in [5.41, 5.74) is 9.68. The van der Waals surface area contributed by atoms with Gasteiger partial charge in [0.2, 0.25) is 0 Å². The molecule has 0 spiro atoms. The zero-order valence-electron chi connectivity index (χ0n) is 11.3. The molecule has 100 valence electrons. The number of rotatable bonds is 4. The van der Waals surface area contributed by atoms with Crippen LogP contribution in [0.1, 0.15) is 28.3 Å². The van der Waals surface area contributed by atoms with Crippen LogP contribution >= 0.6 is 0 Å². The molecule has 0 fully saturated rings. The predicted molar refractivity (Wildman–Crippen MR) is 73.5 cm³/mol. The van der Waals surface area contributed by atoms with E-state index in [9.17, 15) is 4.39 Å². The molecule has 0 radical (unpaired) electrons. The fourth-order valence-electron chi connectivity index (χ4n) is 2.18. The van der Waals surface area contributed by atoms with Crippen molar-refractivity contribution in [3.8, 4) is 0 Å². The highest BCUT2D eigenvalue weighted by Gasteiger charge is 2.08. The summed E-state index contributed by atoms with van der Waals surface area (Å²) in [5.74, 6) is 0.540. The van der Waals surface area contributed by atoms with Crippen LogP contribution in [-0.4, -0.2) is 16.5 Å². The molecule has 0 saturated heterocycles. The Bertz CT molecular complexity index is 541. The van der Waals surface area contributed by atoms with Crippen molar-refractivity contribution in [2.45, 2.75) is 26.7 Å². The minimum Gasteiger partial charge on any atom is -0.330 e. The topological polar surface area (TPSA) is 51.8 Å². The summed E-state index contributed by atoms with van der Waals surface area (Å²) in [5, 5.41) is 0. The van der Waals surface area contributed by atoms with E-state index in [2.05, 4.69) is 9.97 Å². The number of aryl methyl sites for hydroxylation is 2. The van der Waals surface area contributed by atoms with E-state index < -0.39 is 0 Å². The van der Waals surface area contributed by atoms with Crippen LogP contribution in [0, 0.1) is 19.7 Å². The van der Waals surface area contributed by atoms with Crippen molar-refractivity contribution in [2.75, 3.05) is 6.54 Å². The van der Waals surface area contributed by atoms with Gasteiger partial charge in [0.05, 0.1) is 0 Å². The molecular formula is C15H18FN3. The van der Waals surface area contributed by atoms with Crippen LogP contribution in [0.15, 0.2) is 24.3 Å². The summed E-state index contributed by atoms with van der Waals surface area (Å²) >= 11 is 0. The highest BCUT2D eigenvalue weighted by atomic mass is 19.1. The monoisotopic (exact) mass is 259 g/mol. The van der Waals surface area contributed by atoms with Crippen LogP contribution < -0.4 is 5.73 Å². The number of benzene rings is 1. The molecule has 0 saturated carbocycles. The Morgan fingerprint density at radius 3 is 2.16 bits per heavy atom. The maximum Gasteiger partial charge on any atom is 0.133 e. The van der Waals surface area contributed by atoms with Crippen molar-refractivity contribution in [1.29, 1.82) is 0 Å². The third kappa shape index (κ3) is 3.35. The van der Waals surface area contributed by atoms with Crippen LogP contribution in [-0.2, 0) is 12.8 Å². The van der Waals surface area contributed by atoms with Gasteiger partial charge in [0.1, 0.15) is 11.6 Å². The molecule has 2 N–H and O–H groups in total. The fraction of sp³-hybridized carbons (Fsp3) is 0.333. The lowest BCUT2D eigenvalue weighted by Gasteiger charge is -2.10. The Kier molecular flexibility index (Phi) is 4.22. The predicted octanol–water partition coefficient (Wildman–Crippen LogP) is 2.32. The zero-order chi connectivity index (χ0) is 13.8. The molecule has 0 atom stereocenters. The van der Waals surface area contributed by atoms with E-state index in [1.807, 2.05) is 13.8 Å². The quantitative estimate of drug-likeness (QED) is 0.916. The van der Waals surface area contributed by atoms with Crippen molar-refractivity contribution >= 4 is 0 Å². The van der Waals surface area contributed by atoms with Crippen molar-refractivity contribution in [3.63, 3.8) is 0 Å². The maximum atomic E-state index is 12.8. The number of halogens is 1. The Hall–Kier alpha value is -1.81. The Balaban J connectivity index is 2.24. The largest absolute Gasteiger partial charge is 0.330 e. The van der Waals surface area contributed by atoms with Crippen LogP contribution in [0.2, 0.25) is 0 Å². The first-order valence-corrected chi connectivity index (χ1v) is 6.37. The van der Waals surface area contributed by atoms with Gasteiger partial charge in [-0.3, -0.25) is 0 Å². The lowest BCUT2D eigenvalue weighted by molar-refractivity contribution is 0.627. The average molecular weight is 259 g/mol. The van der Waals surface area contributed by atoms with Gasteiger partial charge in [0, 0.05) is 17.8 Å². The van der Waals surface area contributed by atoms with Gasteiger partial charge in [0.15, 0.2) is 0 Å². The molecule has 1 heterocycles. The summed E-state index contributed by atoms with van der Waals surface area (Å²) in [7, 11) is 0. The fourth-order valence-corrected chi connectivity index (χ4v) is 2.18. The first-order chi connectivity index (χ1) is 9.10. The second kappa shape index (κ2) is 5.89. The van der Waals surface area contributed by atoms with E-state index in [0.717, 1.165) is 34.8 Å². The van der Waals surface area contributed by atoms with Crippen LogP contribution in [0.3, 0.4) is 0 Å². The van der Waals surface area contributed by atoms with Crippen LogP contribution in [0.25, 0.3) is 0 Å². The molecule has 0 bridgehead atoms. The molecule has 0 unspecified atom stereocenters. The van der Waals surface area contributed by atoms with Gasteiger partial charge in [0.25, 0.3) is 0 Å². The van der Waals surface area contributed by atoms with Crippen LogP contribution in [0.4, 0.5) is 4.39 Å². The molecule has 2 rings (SSSR count). The lowest BCUT2D eigenvalue weighted by atomic mass is 10.1. The van der Waals surface area contributed by atoms with E-state index >= 15 is 0 Å². The second-order valence-electron chi connectivity index (χ2n) is 4.63. The molecule has 0 aliphatic carbocycles. The number of nitrogens with two attached hydrogens (primary N) is 1. The standard InChI is InChI=1S/C15H18FN3/c1-10-14(7-8-17)11(2)19-15(18-10)9-12-3-5-13(16)6-4-12/h3-6H,7-9,17H2,1-2H3. The van der Waals surface area contributed by atoms with E-state index in [4.69, 9.17) is 5.73 Å². The first-order valence-electron chi connectivity index (χ1n) is 6.37. The molecule has 19 heavy (non-hydrogen) atoms. The Morgan fingerprint density at radius 1 is 1.05 bits per heavy atom. The summed E-state index contributed by atoms with van der Waals surface area (Å²) in [6.07, 6.45) is 1.42. The molecule has 0 aliphatic heterocycles. The summed E-state index contributed by atoms with van der Waals surface area (Å²) in [6.45, 7) is 4.56. The minimum atomic E-state index is -0.227. The Labute approximate surface area is 112 Å². The van der Waals surface area contributed by atoms with Gasteiger partial charge < -0.3 is 5.73 Å². The number of hydrogen-bond donors (Lipinski definition) is 1. The van der Waals surface area contributed by atoms with Crippen molar-refractivity contribution < 1.29 is 4.39 Å². The molecular weight excluding hydrogens is 241 g/mol. The number of aromatic nitrogens is 2. The van der Waals surface area contributed by atoms with Crippen molar-refractivity contribution in [2.24, 2.45) is 5.73 Å². The molecule has 0 aliphatic rings. The van der Waals surface area contributed by atoms with Gasteiger partial charge in [-0.2, -0.15) is 0 Å². The normalized spacial score (nSPS) is 10.7. The molecule has 4 heteroatoms. The maximum absolute atomic E-state index is 12.8. The van der Waals surface area contributed by atoms with Gasteiger partial charge in [-0.15, -0.1) is 0 Å². The van der Waals surface area contributed by atoms with E-state index in [1.165, 1.54) is 12.1 Å². The molecule has 0 amide bonds. The van der Waals surface area contributed by atoms with Gasteiger partial charge >= 0.3 is 0 Å². The summed E-state index contributed by atoms with van der Waals surface area (Å²) < 4.78 is 12.8. The van der Waals surface area contributed by atoms with E-state index in [0.29, 0.717) is 13.0 Å².